The first-order valence-electron chi connectivity index (χ1n) is 9.72. The Morgan fingerprint density at radius 2 is 1.96 bits per heavy atom. The number of ether oxygens (including phenoxy) is 3. The van der Waals surface area contributed by atoms with Gasteiger partial charge in [-0.1, -0.05) is 18.2 Å². The molecule has 6 heteroatoms. The van der Waals surface area contributed by atoms with Gasteiger partial charge in [-0.05, 0) is 48.2 Å². The largest absolute Gasteiger partial charge is 0.493 e. The molecule has 2 N–H and O–H groups in total. The van der Waals surface area contributed by atoms with Crippen LogP contribution in [0.25, 0.3) is 0 Å². The van der Waals surface area contributed by atoms with Gasteiger partial charge in [0.25, 0.3) is 0 Å². The van der Waals surface area contributed by atoms with Crippen molar-refractivity contribution in [3.8, 4) is 17.2 Å². The average molecular weight is 383 g/mol. The highest BCUT2D eigenvalue weighted by atomic mass is 16.5. The second-order valence-electron chi connectivity index (χ2n) is 6.56. The fraction of sp³-hybridized carbons (Fsp3) is 0.409. The van der Waals surface area contributed by atoms with Gasteiger partial charge >= 0.3 is 0 Å². The molecule has 0 saturated carbocycles. The molecule has 0 aromatic heterocycles. The molecular weight excluding hydrogens is 354 g/mol. The zero-order valence-corrected chi connectivity index (χ0v) is 16.9. The van der Waals surface area contributed by atoms with Crippen molar-refractivity contribution >= 4 is 5.96 Å². The van der Waals surface area contributed by atoms with Crippen molar-refractivity contribution in [3.05, 3.63) is 53.1 Å². The van der Waals surface area contributed by atoms with Crippen LogP contribution in [0.1, 0.15) is 23.6 Å². The monoisotopic (exact) mass is 383 g/mol. The first-order valence-corrected chi connectivity index (χ1v) is 9.72. The smallest absolute Gasteiger partial charge is 0.191 e. The Morgan fingerprint density at radius 3 is 2.75 bits per heavy atom. The van der Waals surface area contributed by atoms with Gasteiger partial charge in [0.2, 0.25) is 0 Å². The summed E-state index contributed by atoms with van der Waals surface area (Å²) in [5.74, 6) is 3.30. The predicted octanol–water partition coefficient (Wildman–Crippen LogP) is 2.94. The average Bonchev–Trinajstić information content (AvgIpc) is 3.19. The Balaban J connectivity index is 1.49. The van der Waals surface area contributed by atoms with Crippen LogP contribution in [0.3, 0.4) is 0 Å². The maximum Gasteiger partial charge on any atom is 0.191 e. The van der Waals surface area contributed by atoms with E-state index < -0.39 is 0 Å². The Labute approximate surface area is 166 Å². The first kappa shape index (κ1) is 19.9. The van der Waals surface area contributed by atoms with Crippen LogP contribution in [0.15, 0.2) is 41.4 Å². The molecule has 0 unspecified atom stereocenters. The number of guanidine groups is 1. The van der Waals surface area contributed by atoms with Gasteiger partial charge in [-0.2, -0.15) is 0 Å². The van der Waals surface area contributed by atoms with Crippen molar-refractivity contribution in [2.45, 2.75) is 26.3 Å². The minimum atomic E-state index is 0.602. The van der Waals surface area contributed by atoms with Gasteiger partial charge in [-0.15, -0.1) is 0 Å². The standard InChI is InChI=1S/C22H29N3O3/c1-4-27-21-14-17(6-8-20(21)26-3)15-25-22(23-2)24-11-9-16-5-7-19-18(13-16)10-12-28-19/h5-8,13-14H,4,9-12,15H2,1-3H3,(H2,23,24,25). The topological polar surface area (TPSA) is 64.1 Å². The molecular formula is C22H29N3O3. The van der Waals surface area contributed by atoms with Crippen molar-refractivity contribution < 1.29 is 14.2 Å². The highest BCUT2D eigenvalue weighted by molar-refractivity contribution is 5.79. The summed E-state index contributed by atoms with van der Waals surface area (Å²) in [5, 5.41) is 6.71. The van der Waals surface area contributed by atoms with Crippen LogP contribution >= 0.6 is 0 Å². The second-order valence-corrected chi connectivity index (χ2v) is 6.56. The van der Waals surface area contributed by atoms with E-state index in [1.807, 2.05) is 25.1 Å². The molecule has 0 aliphatic carbocycles. The molecule has 0 atom stereocenters. The lowest BCUT2D eigenvalue weighted by Gasteiger charge is -2.14. The number of hydrogen-bond donors (Lipinski definition) is 2. The van der Waals surface area contributed by atoms with E-state index in [9.17, 15) is 0 Å². The molecule has 1 aliphatic rings. The molecule has 0 saturated heterocycles. The van der Waals surface area contributed by atoms with E-state index in [1.54, 1.807) is 14.2 Å². The fourth-order valence-corrected chi connectivity index (χ4v) is 3.23. The second kappa shape index (κ2) is 9.88. The zero-order valence-electron chi connectivity index (χ0n) is 16.9. The zero-order chi connectivity index (χ0) is 19.8. The third-order valence-electron chi connectivity index (χ3n) is 4.67. The van der Waals surface area contributed by atoms with Gasteiger partial charge in [0, 0.05) is 26.6 Å². The SMILES string of the molecule is CCOc1cc(CNC(=NC)NCCc2ccc3c(c2)CCO3)ccc1OC. The third-order valence-corrected chi connectivity index (χ3v) is 4.67. The van der Waals surface area contributed by atoms with E-state index >= 15 is 0 Å². The summed E-state index contributed by atoms with van der Waals surface area (Å²) in [4.78, 5) is 4.30. The van der Waals surface area contributed by atoms with Gasteiger partial charge in [0.05, 0.1) is 20.3 Å². The first-order chi connectivity index (χ1) is 13.7. The maximum absolute atomic E-state index is 5.64. The normalized spacial score (nSPS) is 12.9. The molecule has 0 spiro atoms. The molecule has 0 fully saturated rings. The molecule has 3 rings (SSSR count). The summed E-state index contributed by atoms with van der Waals surface area (Å²) >= 11 is 0. The molecule has 150 valence electrons. The lowest BCUT2D eigenvalue weighted by atomic mass is 10.1. The molecule has 2 aromatic rings. The van der Waals surface area contributed by atoms with Crippen LogP contribution in [0.2, 0.25) is 0 Å². The number of methoxy groups -OCH3 is 1. The predicted molar refractivity (Wildman–Crippen MR) is 112 cm³/mol. The number of fused-ring (bicyclic) bond motifs is 1. The minimum absolute atomic E-state index is 0.602. The lowest BCUT2D eigenvalue weighted by molar-refractivity contribution is 0.310. The molecule has 6 nitrogen and oxygen atoms in total. The van der Waals surface area contributed by atoms with Gasteiger partial charge in [-0.3, -0.25) is 4.99 Å². The lowest BCUT2D eigenvalue weighted by Crippen LogP contribution is -2.37. The van der Waals surface area contributed by atoms with Gasteiger partial charge in [-0.25, -0.2) is 0 Å². The summed E-state index contributed by atoms with van der Waals surface area (Å²) in [6.45, 7) is 4.82. The van der Waals surface area contributed by atoms with E-state index in [0.717, 1.165) is 54.8 Å². The molecule has 0 bridgehead atoms. The van der Waals surface area contributed by atoms with Crippen molar-refractivity contribution in [2.75, 3.05) is 33.9 Å². The Kier molecular flexibility index (Phi) is 7.00. The van der Waals surface area contributed by atoms with Crippen LogP contribution in [0, 0.1) is 0 Å². The molecule has 0 amide bonds. The molecule has 28 heavy (non-hydrogen) atoms. The van der Waals surface area contributed by atoms with Crippen LogP contribution in [0.4, 0.5) is 0 Å². The summed E-state index contributed by atoms with van der Waals surface area (Å²) in [7, 11) is 3.43. The van der Waals surface area contributed by atoms with E-state index in [0.29, 0.717) is 13.2 Å². The Morgan fingerprint density at radius 1 is 1.11 bits per heavy atom. The number of benzene rings is 2. The van der Waals surface area contributed by atoms with Crippen LogP contribution in [-0.2, 0) is 19.4 Å². The number of nitrogens with zero attached hydrogens (tertiary/aromatic N) is 1. The molecule has 0 radical (unpaired) electrons. The van der Waals surface area contributed by atoms with Gasteiger partial charge in [0.1, 0.15) is 5.75 Å². The van der Waals surface area contributed by atoms with E-state index in [-0.39, 0.29) is 0 Å². The van der Waals surface area contributed by atoms with Crippen LogP contribution in [-0.4, -0.2) is 39.9 Å². The van der Waals surface area contributed by atoms with E-state index in [2.05, 4.69) is 33.8 Å². The van der Waals surface area contributed by atoms with Crippen molar-refractivity contribution in [1.29, 1.82) is 0 Å². The van der Waals surface area contributed by atoms with E-state index in [1.165, 1.54) is 11.1 Å². The van der Waals surface area contributed by atoms with Gasteiger partial charge in [0.15, 0.2) is 17.5 Å². The van der Waals surface area contributed by atoms with Gasteiger partial charge < -0.3 is 24.8 Å². The Hall–Kier alpha value is -2.89. The number of rotatable bonds is 8. The Bertz CT molecular complexity index is 821. The summed E-state index contributed by atoms with van der Waals surface area (Å²) < 4.78 is 16.5. The number of hydrogen-bond acceptors (Lipinski definition) is 4. The summed E-state index contributed by atoms with van der Waals surface area (Å²) in [6.07, 6.45) is 1.94. The minimum Gasteiger partial charge on any atom is -0.493 e. The van der Waals surface area contributed by atoms with Crippen molar-refractivity contribution in [2.24, 2.45) is 4.99 Å². The molecule has 1 heterocycles. The van der Waals surface area contributed by atoms with Crippen molar-refractivity contribution in [3.63, 3.8) is 0 Å². The summed E-state index contributed by atoms with van der Waals surface area (Å²) in [5.41, 5.74) is 3.72. The highest BCUT2D eigenvalue weighted by Gasteiger charge is 2.12. The number of nitrogens with one attached hydrogen (secondary N) is 2. The number of aliphatic imine (C=N–C) groups is 1. The quantitative estimate of drug-likeness (QED) is 0.542. The third kappa shape index (κ3) is 5.09. The highest BCUT2D eigenvalue weighted by Crippen LogP contribution is 2.28. The fourth-order valence-electron chi connectivity index (χ4n) is 3.23. The molecule has 1 aliphatic heterocycles. The molecule has 2 aromatic carbocycles. The van der Waals surface area contributed by atoms with Crippen LogP contribution in [0.5, 0.6) is 17.2 Å². The van der Waals surface area contributed by atoms with Crippen LogP contribution < -0.4 is 24.8 Å². The van der Waals surface area contributed by atoms with E-state index in [4.69, 9.17) is 14.2 Å². The summed E-state index contributed by atoms with van der Waals surface area (Å²) in [6, 6.07) is 12.4. The maximum atomic E-state index is 5.64. The van der Waals surface area contributed by atoms with Crippen molar-refractivity contribution in [1.82, 2.24) is 10.6 Å².